The van der Waals surface area contributed by atoms with Gasteiger partial charge in [-0.1, -0.05) is 17.7 Å². The van der Waals surface area contributed by atoms with Gasteiger partial charge in [0.2, 0.25) is 0 Å². The maximum absolute atomic E-state index is 6.09. The second kappa shape index (κ2) is 5.04. The average Bonchev–Trinajstić information content (AvgIpc) is 2.74. The summed E-state index contributed by atoms with van der Waals surface area (Å²) in [7, 11) is 0. The molecule has 2 rings (SSSR count). The summed E-state index contributed by atoms with van der Waals surface area (Å²) in [5.41, 5.74) is 8.20. The van der Waals surface area contributed by atoms with E-state index in [0.717, 1.165) is 22.0 Å². The van der Waals surface area contributed by atoms with E-state index in [1.807, 2.05) is 24.3 Å². The number of halogens is 2. The second-order valence-corrected chi connectivity index (χ2v) is 4.88. The van der Waals surface area contributed by atoms with Gasteiger partial charge in [-0.3, -0.25) is 0 Å². The van der Waals surface area contributed by atoms with Crippen molar-refractivity contribution < 1.29 is 4.42 Å². The summed E-state index contributed by atoms with van der Waals surface area (Å²) in [6, 6.07) is 7.62. The van der Waals surface area contributed by atoms with E-state index in [-0.39, 0.29) is 6.04 Å². The van der Waals surface area contributed by atoms with E-state index in [9.17, 15) is 0 Å². The molecule has 1 atom stereocenters. The highest BCUT2D eigenvalue weighted by Gasteiger charge is 2.09. The van der Waals surface area contributed by atoms with Crippen LogP contribution in [0.25, 0.3) is 0 Å². The summed E-state index contributed by atoms with van der Waals surface area (Å²) in [5, 5.41) is 0.681. The van der Waals surface area contributed by atoms with Gasteiger partial charge in [-0.05, 0) is 51.7 Å². The lowest BCUT2D eigenvalue weighted by Gasteiger charge is -2.11. The van der Waals surface area contributed by atoms with Gasteiger partial charge in [0.25, 0.3) is 0 Å². The molecule has 0 aliphatic carbocycles. The lowest BCUT2D eigenvalue weighted by molar-refractivity contribution is 0.561. The first-order valence-corrected chi connectivity index (χ1v) is 6.05. The predicted molar refractivity (Wildman–Crippen MR) is 68.5 cm³/mol. The molecule has 0 amide bonds. The molecule has 0 saturated carbocycles. The smallest absolute Gasteiger partial charge is 0.0935 e. The Balaban J connectivity index is 2.14. The number of hydrogen-bond acceptors (Lipinski definition) is 2. The molecule has 84 valence electrons. The number of furan rings is 1. The molecule has 2 N–H and O–H groups in total. The third-order valence-electron chi connectivity index (χ3n) is 2.41. The van der Waals surface area contributed by atoms with E-state index in [0.29, 0.717) is 5.02 Å². The van der Waals surface area contributed by atoms with Crippen LogP contribution < -0.4 is 5.73 Å². The van der Waals surface area contributed by atoms with Gasteiger partial charge in [0.15, 0.2) is 0 Å². The Morgan fingerprint density at radius 1 is 1.38 bits per heavy atom. The normalized spacial score (nSPS) is 12.7. The van der Waals surface area contributed by atoms with Crippen LogP contribution in [0.5, 0.6) is 0 Å². The number of rotatable bonds is 3. The molecule has 2 aromatic rings. The predicted octanol–water partition coefficient (Wildman–Crippen LogP) is 3.94. The van der Waals surface area contributed by atoms with Crippen molar-refractivity contribution in [3.63, 3.8) is 0 Å². The van der Waals surface area contributed by atoms with E-state index in [4.69, 9.17) is 21.8 Å². The molecule has 0 aliphatic rings. The van der Waals surface area contributed by atoms with Crippen LogP contribution in [0.4, 0.5) is 0 Å². The SMILES string of the molecule is NC(Cc1ccoc1)c1ccc(Br)c(Cl)c1. The minimum absolute atomic E-state index is 0.0665. The van der Waals surface area contributed by atoms with Crippen molar-refractivity contribution in [3.05, 3.63) is 57.4 Å². The molecular weight excluding hydrogens is 289 g/mol. The van der Waals surface area contributed by atoms with Crippen molar-refractivity contribution in [2.45, 2.75) is 12.5 Å². The van der Waals surface area contributed by atoms with Crippen molar-refractivity contribution in [3.8, 4) is 0 Å². The summed E-state index contributed by atoms with van der Waals surface area (Å²) in [6.07, 6.45) is 4.10. The molecule has 16 heavy (non-hydrogen) atoms. The largest absolute Gasteiger partial charge is 0.472 e. The van der Waals surface area contributed by atoms with Gasteiger partial charge >= 0.3 is 0 Å². The van der Waals surface area contributed by atoms with Crippen molar-refractivity contribution in [2.75, 3.05) is 0 Å². The Morgan fingerprint density at radius 2 is 2.19 bits per heavy atom. The Kier molecular flexibility index (Phi) is 3.69. The zero-order valence-electron chi connectivity index (χ0n) is 8.49. The van der Waals surface area contributed by atoms with Gasteiger partial charge in [0.1, 0.15) is 0 Å². The summed E-state index contributed by atoms with van der Waals surface area (Å²) in [5.74, 6) is 0. The highest BCUT2D eigenvalue weighted by molar-refractivity contribution is 9.10. The van der Waals surface area contributed by atoms with E-state index < -0.39 is 0 Å². The second-order valence-electron chi connectivity index (χ2n) is 3.62. The number of hydrogen-bond donors (Lipinski definition) is 1. The fourth-order valence-electron chi connectivity index (χ4n) is 1.52. The van der Waals surface area contributed by atoms with E-state index in [1.165, 1.54) is 0 Å². The highest BCUT2D eigenvalue weighted by Crippen LogP contribution is 2.26. The van der Waals surface area contributed by atoms with Crippen LogP contribution in [0.15, 0.2) is 45.7 Å². The first-order chi connectivity index (χ1) is 7.66. The molecule has 0 aliphatic heterocycles. The summed E-state index contributed by atoms with van der Waals surface area (Å²) < 4.78 is 5.89. The molecule has 1 aromatic carbocycles. The van der Waals surface area contributed by atoms with Crippen LogP contribution in [0.3, 0.4) is 0 Å². The molecule has 0 spiro atoms. The van der Waals surface area contributed by atoms with Crippen molar-refractivity contribution in [2.24, 2.45) is 5.73 Å². The van der Waals surface area contributed by atoms with Gasteiger partial charge in [-0.2, -0.15) is 0 Å². The zero-order valence-corrected chi connectivity index (χ0v) is 10.8. The minimum Gasteiger partial charge on any atom is -0.472 e. The molecule has 0 fully saturated rings. The van der Waals surface area contributed by atoms with E-state index in [1.54, 1.807) is 12.5 Å². The van der Waals surface area contributed by atoms with Gasteiger partial charge < -0.3 is 10.2 Å². The molecule has 1 aromatic heterocycles. The standard InChI is InChI=1S/C12H11BrClNO/c13-10-2-1-9(6-11(10)14)12(15)5-8-3-4-16-7-8/h1-4,6-7,12H,5,15H2. The molecule has 4 heteroatoms. The number of nitrogens with two attached hydrogens (primary N) is 1. The van der Waals surface area contributed by atoms with Crippen LogP contribution in [-0.4, -0.2) is 0 Å². The lowest BCUT2D eigenvalue weighted by atomic mass is 10.0. The molecular formula is C12H11BrClNO. The maximum atomic E-state index is 6.09. The fraction of sp³-hybridized carbons (Fsp3) is 0.167. The Bertz CT molecular complexity index is 470. The van der Waals surface area contributed by atoms with E-state index in [2.05, 4.69) is 15.9 Å². The zero-order chi connectivity index (χ0) is 11.5. The van der Waals surface area contributed by atoms with Gasteiger partial charge in [-0.15, -0.1) is 0 Å². The minimum atomic E-state index is -0.0665. The Hall–Kier alpha value is -0.770. The highest BCUT2D eigenvalue weighted by atomic mass is 79.9. The third-order valence-corrected chi connectivity index (χ3v) is 3.64. The van der Waals surface area contributed by atoms with Gasteiger partial charge in [-0.25, -0.2) is 0 Å². The molecule has 1 unspecified atom stereocenters. The molecule has 0 bridgehead atoms. The summed E-state index contributed by atoms with van der Waals surface area (Å²) >= 11 is 9.37. The van der Waals surface area contributed by atoms with Crippen molar-refractivity contribution in [1.29, 1.82) is 0 Å². The van der Waals surface area contributed by atoms with Crippen LogP contribution in [0.2, 0.25) is 5.02 Å². The topological polar surface area (TPSA) is 39.2 Å². The van der Waals surface area contributed by atoms with E-state index >= 15 is 0 Å². The van der Waals surface area contributed by atoms with Crippen molar-refractivity contribution >= 4 is 27.5 Å². The molecule has 0 radical (unpaired) electrons. The molecule has 2 nitrogen and oxygen atoms in total. The van der Waals surface area contributed by atoms with Crippen LogP contribution >= 0.6 is 27.5 Å². The first-order valence-electron chi connectivity index (χ1n) is 4.88. The Labute approximate surface area is 108 Å². The quantitative estimate of drug-likeness (QED) is 0.932. The number of benzene rings is 1. The Morgan fingerprint density at radius 3 is 2.81 bits per heavy atom. The van der Waals surface area contributed by atoms with Crippen LogP contribution in [0.1, 0.15) is 17.2 Å². The molecule has 0 saturated heterocycles. The van der Waals surface area contributed by atoms with Crippen LogP contribution in [-0.2, 0) is 6.42 Å². The fourth-order valence-corrected chi connectivity index (χ4v) is 1.96. The average molecular weight is 301 g/mol. The monoisotopic (exact) mass is 299 g/mol. The van der Waals surface area contributed by atoms with Crippen LogP contribution in [0, 0.1) is 0 Å². The summed E-state index contributed by atoms with van der Waals surface area (Å²) in [4.78, 5) is 0. The summed E-state index contributed by atoms with van der Waals surface area (Å²) in [6.45, 7) is 0. The molecule has 1 heterocycles. The maximum Gasteiger partial charge on any atom is 0.0935 e. The third kappa shape index (κ3) is 2.67. The van der Waals surface area contributed by atoms with Gasteiger partial charge in [0, 0.05) is 10.5 Å². The lowest BCUT2D eigenvalue weighted by Crippen LogP contribution is -2.12. The first kappa shape index (κ1) is 11.7. The van der Waals surface area contributed by atoms with Gasteiger partial charge in [0.05, 0.1) is 17.5 Å². The van der Waals surface area contributed by atoms with Crippen molar-refractivity contribution in [1.82, 2.24) is 0 Å².